The molecule has 1 saturated heterocycles. The molecule has 0 bridgehead atoms. The minimum Gasteiger partial charge on any atom is -0.377 e. The van der Waals surface area contributed by atoms with Crippen molar-refractivity contribution in [3.05, 3.63) is 35.5 Å². The number of fused-ring (bicyclic) bond motifs is 1. The smallest absolute Gasteiger partial charge is 0.319 e. The Balaban J connectivity index is 1.72. The van der Waals surface area contributed by atoms with Crippen LogP contribution in [0.1, 0.15) is 38.4 Å². The highest BCUT2D eigenvalue weighted by atomic mass is 16.5. The number of morpholine rings is 1. The lowest BCUT2D eigenvalue weighted by atomic mass is 9.95. The average Bonchev–Trinajstić information content (AvgIpc) is 3.15. The zero-order chi connectivity index (χ0) is 24.3. The fourth-order valence-electron chi connectivity index (χ4n) is 4.42. The number of hydrogen-bond acceptors (Lipinski definition) is 7. The van der Waals surface area contributed by atoms with Crippen LogP contribution in [0.2, 0.25) is 0 Å². The molecule has 0 spiro atoms. The van der Waals surface area contributed by atoms with Crippen molar-refractivity contribution in [3.8, 4) is 11.4 Å². The Kier molecular flexibility index (Phi) is 7.35. The van der Waals surface area contributed by atoms with Gasteiger partial charge in [0.1, 0.15) is 11.4 Å². The third-order valence-corrected chi connectivity index (χ3v) is 6.44. The Morgan fingerprint density at radius 2 is 2.03 bits per heavy atom. The predicted molar refractivity (Wildman–Crippen MR) is 133 cm³/mol. The van der Waals surface area contributed by atoms with Gasteiger partial charge in [0.05, 0.1) is 31.6 Å². The van der Waals surface area contributed by atoms with Crippen molar-refractivity contribution in [1.82, 2.24) is 20.2 Å². The number of aromatic nitrogens is 2. The molecule has 2 amide bonds. The second-order valence-corrected chi connectivity index (χ2v) is 9.45. The second kappa shape index (κ2) is 10.2. The van der Waals surface area contributed by atoms with Gasteiger partial charge in [-0.25, -0.2) is 14.8 Å². The first kappa shape index (κ1) is 24.4. The maximum Gasteiger partial charge on any atom is 0.319 e. The van der Waals surface area contributed by atoms with E-state index in [1.165, 1.54) is 0 Å². The molecular weight excluding hydrogens is 432 g/mol. The van der Waals surface area contributed by atoms with Crippen molar-refractivity contribution in [3.63, 3.8) is 0 Å². The van der Waals surface area contributed by atoms with E-state index < -0.39 is 5.60 Å². The van der Waals surface area contributed by atoms with Crippen LogP contribution in [-0.2, 0) is 21.7 Å². The van der Waals surface area contributed by atoms with E-state index in [2.05, 4.69) is 48.4 Å². The van der Waals surface area contributed by atoms with E-state index in [1.54, 1.807) is 0 Å². The molecule has 184 valence electrons. The molecule has 1 aromatic heterocycles. The van der Waals surface area contributed by atoms with Gasteiger partial charge in [-0.15, -0.1) is 0 Å². The molecule has 2 atom stereocenters. The molecule has 3 heterocycles. The van der Waals surface area contributed by atoms with Gasteiger partial charge in [0.2, 0.25) is 0 Å². The monoisotopic (exact) mass is 468 g/mol. The third kappa shape index (κ3) is 5.16. The first-order chi connectivity index (χ1) is 16.3. The fourth-order valence-corrected chi connectivity index (χ4v) is 4.42. The minimum atomic E-state index is -0.471. The van der Waals surface area contributed by atoms with Gasteiger partial charge < -0.3 is 29.9 Å². The lowest BCUT2D eigenvalue weighted by Crippen LogP contribution is -2.44. The molecule has 9 nitrogen and oxygen atoms in total. The number of carbonyl (C=O) groups is 1. The van der Waals surface area contributed by atoms with Crippen LogP contribution < -0.4 is 15.5 Å². The summed E-state index contributed by atoms with van der Waals surface area (Å²) in [5.74, 6) is 1.60. The molecule has 2 aliphatic heterocycles. The lowest BCUT2D eigenvalue weighted by Gasteiger charge is -2.35. The van der Waals surface area contributed by atoms with E-state index in [1.807, 2.05) is 31.2 Å². The molecule has 1 fully saturated rings. The minimum absolute atomic E-state index is 0.220. The van der Waals surface area contributed by atoms with Crippen molar-refractivity contribution in [2.24, 2.45) is 0 Å². The van der Waals surface area contributed by atoms with E-state index in [-0.39, 0.29) is 12.1 Å². The third-order valence-electron chi connectivity index (χ3n) is 6.44. The normalized spacial score (nSPS) is 22.1. The molecule has 0 radical (unpaired) electrons. The van der Waals surface area contributed by atoms with Crippen molar-refractivity contribution in [2.75, 3.05) is 57.2 Å². The van der Waals surface area contributed by atoms with Crippen LogP contribution >= 0.6 is 0 Å². The quantitative estimate of drug-likeness (QED) is 0.645. The maximum absolute atomic E-state index is 11.8. The number of rotatable bonds is 7. The summed E-state index contributed by atoms with van der Waals surface area (Å²) in [4.78, 5) is 26.4. The molecule has 34 heavy (non-hydrogen) atoms. The number of hydrogen-bond donors (Lipinski definition) is 2. The first-order valence-electron chi connectivity index (χ1n) is 12.0. The van der Waals surface area contributed by atoms with E-state index in [0.29, 0.717) is 32.2 Å². The molecule has 1 aromatic carbocycles. The molecule has 0 saturated carbocycles. The van der Waals surface area contributed by atoms with Gasteiger partial charge in [-0.1, -0.05) is 0 Å². The average molecular weight is 469 g/mol. The Labute approximate surface area is 201 Å². The largest absolute Gasteiger partial charge is 0.377 e. The standard InChI is InChI=1S/C25H36N6O3/c1-6-26-24(32)27-19-9-7-18(8-10-19)22-28-21-20(16-34-25(21,3)11-12-30(4)5)23(29-22)31-13-14-33-15-17(31)2/h7-10,17H,6,11-16H2,1-5H3,(H2,26,27,32)/t17-,25?/m0/s1. The summed E-state index contributed by atoms with van der Waals surface area (Å²) in [7, 11) is 4.14. The predicted octanol–water partition coefficient (Wildman–Crippen LogP) is 3.21. The van der Waals surface area contributed by atoms with Gasteiger partial charge in [0.25, 0.3) is 0 Å². The van der Waals surface area contributed by atoms with Crippen LogP contribution in [0.15, 0.2) is 24.3 Å². The molecule has 2 N–H and O–H groups in total. The highest BCUT2D eigenvalue weighted by Crippen LogP contribution is 2.42. The number of nitrogens with zero attached hydrogens (tertiary/aromatic N) is 4. The van der Waals surface area contributed by atoms with Crippen LogP contribution in [0.25, 0.3) is 11.4 Å². The molecule has 9 heteroatoms. The van der Waals surface area contributed by atoms with Crippen molar-refractivity contribution < 1.29 is 14.3 Å². The van der Waals surface area contributed by atoms with Gasteiger partial charge in [-0.05, 0) is 65.6 Å². The number of amides is 2. The number of ether oxygens (including phenoxy) is 2. The molecule has 1 unspecified atom stereocenters. The Morgan fingerprint density at radius 1 is 1.26 bits per heavy atom. The number of anilines is 2. The van der Waals surface area contributed by atoms with Gasteiger partial charge >= 0.3 is 6.03 Å². The topological polar surface area (TPSA) is 91.9 Å². The summed E-state index contributed by atoms with van der Waals surface area (Å²) in [6.07, 6.45) is 0.844. The molecular formula is C25H36N6O3. The number of nitrogens with one attached hydrogen (secondary N) is 2. The van der Waals surface area contributed by atoms with Gasteiger partial charge in [0, 0.05) is 36.4 Å². The highest BCUT2D eigenvalue weighted by Gasteiger charge is 2.41. The van der Waals surface area contributed by atoms with Crippen LogP contribution in [0.5, 0.6) is 0 Å². The molecule has 2 aromatic rings. The lowest BCUT2D eigenvalue weighted by molar-refractivity contribution is -0.0353. The highest BCUT2D eigenvalue weighted by molar-refractivity contribution is 5.89. The summed E-state index contributed by atoms with van der Waals surface area (Å²) in [6.45, 7) is 10.3. The van der Waals surface area contributed by atoms with E-state index in [9.17, 15) is 4.79 Å². The molecule has 4 rings (SSSR count). The summed E-state index contributed by atoms with van der Waals surface area (Å²) in [5.41, 5.74) is 3.19. The first-order valence-corrected chi connectivity index (χ1v) is 12.0. The molecule has 2 aliphatic rings. The van der Waals surface area contributed by atoms with Crippen LogP contribution in [0.4, 0.5) is 16.3 Å². The molecule has 0 aliphatic carbocycles. The number of benzene rings is 1. The number of urea groups is 1. The fraction of sp³-hybridized carbons (Fsp3) is 0.560. The summed E-state index contributed by atoms with van der Waals surface area (Å²) in [5, 5.41) is 5.57. The van der Waals surface area contributed by atoms with Gasteiger partial charge in [-0.3, -0.25) is 0 Å². The van der Waals surface area contributed by atoms with Crippen LogP contribution in [0.3, 0.4) is 0 Å². The Hall–Kier alpha value is -2.75. The van der Waals surface area contributed by atoms with Gasteiger partial charge in [-0.2, -0.15) is 0 Å². The van der Waals surface area contributed by atoms with Gasteiger partial charge in [0.15, 0.2) is 5.82 Å². The second-order valence-electron chi connectivity index (χ2n) is 9.45. The van der Waals surface area contributed by atoms with E-state index >= 15 is 0 Å². The van der Waals surface area contributed by atoms with Crippen LogP contribution in [-0.4, -0.2) is 73.9 Å². The van der Waals surface area contributed by atoms with Crippen molar-refractivity contribution in [1.29, 1.82) is 0 Å². The number of carbonyl (C=O) groups excluding carboxylic acids is 1. The zero-order valence-electron chi connectivity index (χ0n) is 20.9. The SMILES string of the molecule is CCNC(=O)Nc1ccc(-c2nc(N3CCOC[C@@H]3C)c3c(n2)C(C)(CCN(C)C)OC3)cc1. The zero-order valence-corrected chi connectivity index (χ0v) is 20.9. The summed E-state index contributed by atoms with van der Waals surface area (Å²) in [6, 6.07) is 7.64. The maximum atomic E-state index is 11.8. The Bertz CT molecular complexity index is 1010. The Morgan fingerprint density at radius 3 is 2.71 bits per heavy atom. The van der Waals surface area contributed by atoms with Crippen molar-refractivity contribution in [2.45, 2.75) is 45.4 Å². The van der Waals surface area contributed by atoms with E-state index in [4.69, 9.17) is 19.4 Å². The van der Waals surface area contributed by atoms with E-state index in [0.717, 1.165) is 47.8 Å². The summed E-state index contributed by atoms with van der Waals surface area (Å²) < 4.78 is 12.0. The summed E-state index contributed by atoms with van der Waals surface area (Å²) >= 11 is 0. The van der Waals surface area contributed by atoms with Crippen molar-refractivity contribution >= 4 is 17.5 Å². The van der Waals surface area contributed by atoms with Crippen LogP contribution in [0, 0.1) is 0 Å².